The first-order valence-electron chi connectivity index (χ1n) is 8.48. The summed E-state index contributed by atoms with van der Waals surface area (Å²) in [5, 5.41) is 3.39. The van der Waals surface area contributed by atoms with Gasteiger partial charge in [-0.1, -0.05) is 17.7 Å². The molecule has 1 aromatic carbocycles. The van der Waals surface area contributed by atoms with Crippen molar-refractivity contribution in [3.05, 3.63) is 29.8 Å². The van der Waals surface area contributed by atoms with Crippen LogP contribution in [-0.2, 0) is 9.59 Å². The molecule has 0 spiro atoms. The lowest BCUT2D eigenvalue weighted by Gasteiger charge is -2.22. The molecule has 2 amide bonds. The van der Waals surface area contributed by atoms with Gasteiger partial charge in [0.2, 0.25) is 11.8 Å². The molecule has 122 valence electrons. The van der Waals surface area contributed by atoms with E-state index in [0.717, 1.165) is 31.9 Å². The molecule has 3 fully saturated rings. The third kappa shape index (κ3) is 2.63. The van der Waals surface area contributed by atoms with Crippen LogP contribution in [0.25, 0.3) is 0 Å². The summed E-state index contributed by atoms with van der Waals surface area (Å²) in [4.78, 5) is 28.9. The minimum Gasteiger partial charge on any atom is -0.342 e. The van der Waals surface area contributed by atoms with E-state index in [-0.39, 0.29) is 17.7 Å². The number of rotatable bonds is 2. The predicted octanol–water partition coefficient (Wildman–Crippen LogP) is 1.03. The molecule has 0 bridgehead atoms. The number of hydrogen-bond acceptors (Lipinski definition) is 3. The van der Waals surface area contributed by atoms with E-state index in [1.54, 1.807) is 4.90 Å². The first-order valence-corrected chi connectivity index (χ1v) is 8.48. The highest BCUT2D eigenvalue weighted by Gasteiger charge is 2.43. The average Bonchev–Trinajstić information content (AvgIpc) is 3.21. The van der Waals surface area contributed by atoms with Crippen molar-refractivity contribution in [3.63, 3.8) is 0 Å². The standard InChI is InChI=1S/C18H23N3O2/c1-12-2-4-16(5-3-12)21-11-13(6-17(21)22)18(23)20-9-14-7-19-8-15(14)10-20/h2-5,13-15,19H,6-11H2,1H3/t13?,14-,15+. The van der Waals surface area contributed by atoms with Crippen LogP contribution in [0, 0.1) is 24.7 Å². The van der Waals surface area contributed by atoms with Crippen molar-refractivity contribution in [2.24, 2.45) is 17.8 Å². The van der Waals surface area contributed by atoms with Gasteiger partial charge in [0.15, 0.2) is 0 Å². The SMILES string of the molecule is Cc1ccc(N2CC(C(=O)N3C[C@H]4CNC[C@H]4C3)CC2=O)cc1. The zero-order valence-electron chi connectivity index (χ0n) is 13.5. The third-order valence-corrected chi connectivity index (χ3v) is 5.52. The van der Waals surface area contributed by atoms with E-state index in [2.05, 4.69) is 5.32 Å². The van der Waals surface area contributed by atoms with Crippen LogP contribution in [0.4, 0.5) is 5.69 Å². The van der Waals surface area contributed by atoms with Crippen molar-refractivity contribution in [2.75, 3.05) is 37.6 Å². The predicted molar refractivity (Wildman–Crippen MR) is 88.1 cm³/mol. The van der Waals surface area contributed by atoms with Gasteiger partial charge in [-0.15, -0.1) is 0 Å². The smallest absolute Gasteiger partial charge is 0.228 e. The molecule has 3 aliphatic heterocycles. The lowest BCUT2D eigenvalue weighted by atomic mass is 10.0. The first-order chi connectivity index (χ1) is 11.1. The number of aryl methyl sites for hydroxylation is 1. The highest BCUT2D eigenvalue weighted by atomic mass is 16.2. The van der Waals surface area contributed by atoms with E-state index in [4.69, 9.17) is 0 Å². The van der Waals surface area contributed by atoms with Gasteiger partial charge in [0.1, 0.15) is 0 Å². The summed E-state index contributed by atoms with van der Waals surface area (Å²) in [6.45, 7) is 6.30. The van der Waals surface area contributed by atoms with Crippen LogP contribution < -0.4 is 10.2 Å². The molecule has 0 aromatic heterocycles. The quantitative estimate of drug-likeness (QED) is 0.887. The number of nitrogens with one attached hydrogen (secondary N) is 1. The fourth-order valence-electron chi connectivity index (χ4n) is 4.14. The van der Waals surface area contributed by atoms with Crippen molar-refractivity contribution in [2.45, 2.75) is 13.3 Å². The maximum Gasteiger partial charge on any atom is 0.228 e. The van der Waals surface area contributed by atoms with E-state index in [0.29, 0.717) is 24.8 Å². The topological polar surface area (TPSA) is 52.7 Å². The molecule has 3 atom stereocenters. The Morgan fingerprint density at radius 3 is 2.39 bits per heavy atom. The summed E-state index contributed by atoms with van der Waals surface area (Å²) in [6.07, 6.45) is 0.344. The average molecular weight is 313 g/mol. The van der Waals surface area contributed by atoms with E-state index in [1.165, 1.54) is 5.56 Å². The van der Waals surface area contributed by atoms with Gasteiger partial charge in [0.05, 0.1) is 5.92 Å². The Bertz CT molecular complexity index is 616. The summed E-state index contributed by atoms with van der Waals surface area (Å²) in [5.41, 5.74) is 2.07. The molecule has 1 aromatic rings. The molecule has 4 rings (SSSR count). The van der Waals surface area contributed by atoms with Crippen LogP contribution in [0.3, 0.4) is 0 Å². The normalized spacial score (nSPS) is 30.1. The Kier molecular flexibility index (Phi) is 3.60. The maximum atomic E-state index is 12.8. The van der Waals surface area contributed by atoms with Gasteiger partial charge in [-0.3, -0.25) is 9.59 Å². The minimum atomic E-state index is -0.185. The van der Waals surface area contributed by atoms with Gasteiger partial charge in [0, 0.05) is 44.8 Å². The zero-order valence-corrected chi connectivity index (χ0v) is 13.5. The number of anilines is 1. The number of nitrogens with zero attached hydrogens (tertiary/aromatic N) is 2. The molecule has 5 heteroatoms. The van der Waals surface area contributed by atoms with E-state index < -0.39 is 0 Å². The monoisotopic (exact) mass is 313 g/mol. The molecule has 23 heavy (non-hydrogen) atoms. The van der Waals surface area contributed by atoms with Crippen LogP contribution in [0.5, 0.6) is 0 Å². The van der Waals surface area contributed by atoms with Crippen LogP contribution in [0.15, 0.2) is 24.3 Å². The lowest BCUT2D eigenvalue weighted by Crippen LogP contribution is -2.37. The molecule has 0 saturated carbocycles. The molecule has 1 N–H and O–H groups in total. The summed E-state index contributed by atoms with van der Waals surface area (Å²) >= 11 is 0. The number of carbonyl (C=O) groups excluding carboxylic acids is 2. The number of amides is 2. The molecular weight excluding hydrogens is 290 g/mol. The Morgan fingerprint density at radius 2 is 1.74 bits per heavy atom. The van der Waals surface area contributed by atoms with Gasteiger partial charge < -0.3 is 15.1 Å². The first kappa shape index (κ1) is 14.7. The Morgan fingerprint density at radius 1 is 1.09 bits per heavy atom. The molecule has 5 nitrogen and oxygen atoms in total. The summed E-state index contributed by atoms with van der Waals surface area (Å²) in [7, 11) is 0. The largest absolute Gasteiger partial charge is 0.342 e. The highest BCUT2D eigenvalue weighted by molar-refractivity contribution is 6.00. The van der Waals surface area contributed by atoms with Crippen molar-refractivity contribution in [3.8, 4) is 0 Å². The van der Waals surface area contributed by atoms with Gasteiger partial charge in [-0.05, 0) is 30.9 Å². The Labute approximate surface area is 136 Å². The van der Waals surface area contributed by atoms with Crippen LogP contribution in [0.1, 0.15) is 12.0 Å². The molecule has 0 aliphatic carbocycles. The second-order valence-corrected chi connectivity index (χ2v) is 7.16. The molecule has 3 aliphatic rings. The second kappa shape index (κ2) is 5.64. The zero-order chi connectivity index (χ0) is 16.0. The number of likely N-dealkylation sites (tertiary alicyclic amines) is 1. The third-order valence-electron chi connectivity index (χ3n) is 5.52. The van der Waals surface area contributed by atoms with Gasteiger partial charge >= 0.3 is 0 Å². The molecule has 1 unspecified atom stereocenters. The van der Waals surface area contributed by atoms with Crippen molar-refractivity contribution >= 4 is 17.5 Å². The summed E-state index contributed by atoms with van der Waals surface area (Å²) < 4.78 is 0. The number of benzene rings is 1. The van der Waals surface area contributed by atoms with E-state index in [1.807, 2.05) is 36.1 Å². The van der Waals surface area contributed by atoms with Gasteiger partial charge in [0.25, 0.3) is 0 Å². The Balaban J connectivity index is 1.43. The highest BCUT2D eigenvalue weighted by Crippen LogP contribution is 2.31. The number of fused-ring (bicyclic) bond motifs is 1. The lowest BCUT2D eigenvalue weighted by molar-refractivity contribution is -0.135. The van der Waals surface area contributed by atoms with Crippen LogP contribution in [0.2, 0.25) is 0 Å². The van der Waals surface area contributed by atoms with Gasteiger partial charge in [-0.25, -0.2) is 0 Å². The van der Waals surface area contributed by atoms with Crippen molar-refractivity contribution in [1.82, 2.24) is 10.2 Å². The van der Waals surface area contributed by atoms with Crippen molar-refractivity contribution in [1.29, 1.82) is 0 Å². The number of hydrogen-bond donors (Lipinski definition) is 1. The van der Waals surface area contributed by atoms with E-state index >= 15 is 0 Å². The second-order valence-electron chi connectivity index (χ2n) is 7.16. The summed E-state index contributed by atoms with van der Waals surface area (Å²) in [6, 6.07) is 7.94. The molecular formula is C18H23N3O2. The van der Waals surface area contributed by atoms with Crippen molar-refractivity contribution < 1.29 is 9.59 Å². The molecule has 3 heterocycles. The summed E-state index contributed by atoms with van der Waals surface area (Å²) in [5.74, 6) is 1.25. The van der Waals surface area contributed by atoms with Gasteiger partial charge in [-0.2, -0.15) is 0 Å². The van der Waals surface area contributed by atoms with Crippen LogP contribution >= 0.6 is 0 Å². The van der Waals surface area contributed by atoms with E-state index in [9.17, 15) is 9.59 Å². The molecule has 0 radical (unpaired) electrons. The maximum absolute atomic E-state index is 12.8. The Hall–Kier alpha value is -1.88. The van der Waals surface area contributed by atoms with Crippen LogP contribution in [-0.4, -0.2) is 49.4 Å². The minimum absolute atomic E-state index is 0.0632. The number of carbonyl (C=O) groups is 2. The molecule has 3 saturated heterocycles. The fraction of sp³-hybridized carbons (Fsp3) is 0.556. The fourth-order valence-corrected chi connectivity index (χ4v) is 4.14.